The predicted octanol–water partition coefficient (Wildman–Crippen LogP) is 3.33. The number of anilines is 1. The van der Waals surface area contributed by atoms with E-state index in [0.29, 0.717) is 22.8 Å². The summed E-state index contributed by atoms with van der Waals surface area (Å²) in [5, 5.41) is 3.34. The highest BCUT2D eigenvalue weighted by atomic mass is 35.5. The molecule has 5 heteroatoms. The van der Waals surface area contributed by atoms with Crippen LogP contribution >= 0.6 is 23.4 Å². The minimum absolute atomic E-state index is 0.141. The van der Waals surface area contributed by atoms with Crippen molar-refractivity contribution in [1.82, 2.24) is 5.32 Å². The Hall–Kier alpha value is -0.870. The Kier molecular flexibility index (Phi) is 4.63. The maximum Gasteiger partial charge on any atom is 0.252 e. The van der Waals surface area contributed by atoms with E-state index in [2.05, 4.69) is 11.6 Å². The quantitative estimate of drug-likeness (QED) is 0.838. The second-order valence-corrected chi connectivity index (χ2v) is 6.64. The van der Waals surface area contributed by atoms with Gasteiger partial charge in [0.1, 0.15) is 0 Å². The summed E-state index contributed by atoms with van der Waals surface area (Å²) in [4.78, 5) is 12.2. The predicted molar refractivity (Wildman–Crippen MR) is 82.9 cm³/mol. The van der Waals surface area contributed by atoms with Gasteiger partial charge in [0.15, 0.2) is 0 Å². The van der Waals surface area contributed by atoms with Gasteiger partial charge >= 0.3 is 0 Å². The lowest BCUT2D eigenvalue weighted by atomic mass is 10.1. The van der Waals surface area contributed by atoms with Crippen molar-refractivity contribution >= 4 is 35.0 Å². The molecule has 1 aromatic carbocycles. The van der Waals surface area contributed by atoms with E-state index < -0.39 is 0 Å². The Morgan fingerprint density at radius 2 is 2.16 bits per heavy atom. The second-order valence-electron chi connectivity index (χ2n) is 4.99. The van der Waals surface area contributed by atoms with Gasteiger partial charge in [0.05, 0.1) is 16.3 Å². The molecule has 0 radical (unpaired) electrons. The van der Waals surface area contributed by atoms with Crippen LogP contribution in [0.1, 0.15) is 36.0 Å². The number of hydrogen-bond acceptors (Lipinski definition) is 3. The van der Waals surface area contributed by atoms with Crippen molar-refractivity contribution in [3.8, 4) is 0 Å². The van der Waals surface area contributed by atoms with E-state index in [-0.39, 0.29) is 10.7 Å². The first-order valence-electron chi connectivity index (χ1n) is 6.45. The normalized spacial score (nSPS) is 17.4. The van der Waals surface area contributed by atoms with Gasteiger partial charge < -0.3 is 11.1 Å². The fourth-order valence-corrected chi connectivity index (χ4v) is 3.66. The van der Waals surface area contributed by atoms with Gasteiger partial charge in [-0.2, -0.15) is 11.8 Å². The largest absolute Gasteiger partial charge is 0.398 e. The third-order valence-electron chi connectivity index (χ3n) is 3.79. The Morgan fingerprint density at radius 3 is 2.79 bits per heavy atom. The van der Waals surface area contributed by atoms with Gasteiger partial charge in [-0.25, -0.2) is 0 Å². The molecule has 1 saturated carbocycles. The summed E-state index contributed by atoms with van der Waals surface area (Å²) >= 11 is 7.91. The molecule has 0 unspecified atom stereocenters. The summed E-state index contributed by atoms with van der Waals surface area (Å²) in [5.74, 6) is -0.141. The first-order valence-corrected chi connectivity index (χ1v) is 8.06. The molecule has 0 aromatic heterocycles. The average Bonchev–Trinajstić information content (AvgIpc) is 2.89. The van der Waals surface area contributed by atoms with Crippen LogP contribution in [0.25, 0.3) is 0 Å². The van der Waals surface area contributed by atoms with E-state index in [9.17, 15) is 4.79 Å². The first kappa shape index (κ1) is 14.5. The molecular formula is C14H19ClN2OS. The van der Waals surface area contributed by atoms with Gasteiger partial charge in [0, 0.05) is 11.3 Å². The zero-order chi connectivity index (χ0) is 13.9. The highest BCUT2D eigenvalue weighted by Crippen LogP contribution is 2.39. The smallest absolute Gasteiger partial charge is 0.252 e. The minimum atomic E-state index is -0.141. The van der Waals surface area contributed by atoms with Crippen LogP contribution in [0, 0.1) is 0 Å². The zero-order valence-corrected chi connectivity index (χ0v) is 12.6. The van der Waals surface area contributed by atoms with Crippen LogP contribution < -0.4 is 11.1 Å². The molecule has 1 aromatic rings. The van der Waals surface area contributed by atoms with Gasteiger partial charge in [0.25, 0.3) is 5.91 Å². The number of carbonyl (C=O) groups excluding carboxylic acids is 1. The van der Waals surface area contributed by atoms with E-state index in [0.717, 1.165) is 0 Å². The minimum Gasteiger partial charge on any atom is -0.398 e. The summed E-state index contributed by atoms with van der Waals surface area (Å²) in [5.41, 5.74) is 6.61. The number of benzene rings is 1. The van der Waals surface area contributed by atoms with Crippen LogP contribution in [0.5, 0.6) is 0 Å². The molecule has 1 aliphatic carbocycles. The third kappa shape index (κ3) is 3.18. The lowest BCUT2D eigenvalue weighted by Gasteiger charge is -2.27. The molecule has 0 bridgehead atoms. The molecule has 0 saturated heterocycles. The average molecular weight is 299 g/mol. The van der Waals surface area contributed by atoms with Crippen LogP contribution in [0.2, 0.25) is 5.02 Å². The number of nitrogens with one attached hydrogen (secondary N) is 1. The van der Waals surface area contributed by atoms with Crippen molar-refractivity contribution in [3.05, 3.63) is 28.8 Å². The van der Waals surface area contributed by atoms with Crippen LogP contribution in [0.4, 0.5) is 5.69 Å². The molecule has 19 heavy (non-hydrogen) atoms. The third-order valence-corrected chi connectivity index (χ3v) is 5.63. The van der Waals surface area contributed by atoms with Crippen molar-refractivity contribution in [1.29, 1.82) is 0 Å². The first-order chi connectivity index (χ1) is 9.08. The molecular weight excluding hydrogens is 280 g/mol. The second kappa shape index (κ2) is 6.06. The standard InChI is InChI=1S/C14H19ClN2OS/c1-19-14(7-2-3-8-14)9-17-13(18)10-5-4-6-11(16)12(10)15/h4-6H,2-3,7-9,16H2,1H3,(H,17,18). The molecule has 2 rings (SSSR count). The summed E-state index contributed by atoms with van der Waals surface area (Å²) in [6.45, 7) is 0.693. The van der Waals surface area contributed by atoms with E-state index in [1.54, 1.807) is 18.2 Å². The molecule has 1 aliphatic rings. The van der Waals surface area contributed by atoms with E-state index in [1.165, 1.54) is 25.7 Å². The fourth-order valence-electron chi connectivity index (χ4n) is 2.53. The summed E-state index contributed by atoms with van der Waals surface area (Å²) in [7, 11) is 0. The number of nitrogen functional groups attached to an aromatic ring is 1. The molecule has 0 aliphatic heterocycles. The Labute approximate surface area is 123 Å². The molecule has 0 heterocycles. The van der Waals surface area contributed by atoms with Crippen LogP contribution in [-0.4, -0.2) is 23.5 Å². The molecule has 104 valence electrons. The van der Waals surface area contributed by atoms with Crippen molar-refractivity contribution in [2.24, 2.45) is 0 Å². The highest BCUT2D eigenvalue weighted by Gasteiger charge is 2.33. The number of carbonyl (C=O) groups is 1. The van der Waals surface area contributed by atoms with Crippen molar-refractivity contribution < 1.29 is 4.79 Å². The van der Waals surface area contributed by atoms with Crippen LogP contribution in [0.3, 0.4) is 0 Å². The van der Waals surface area contributed by atoms with Crippen molar-refractivity contribution in [3.63, 3.8) is 0 Å². The van der Waals surface area contributed by atoms with E-state index >= 15 is 0 Å². The lowest BCUT2D eigenvalue weighted by Crippen LogP contribution is -2.38. The van der Waals surface area contributed by atoms with Crippen molar-refractivity contribution in [2.75, 3.05) is 18.5 Å². The lowest BCUT2D eigenvalue weighted by molar-refractivity contribution is 0.0950. The number of hydrogen-bond donors (Lipinski definition) is 2. The zero-order valence-electron chi connectivity index (χ0n) is 11.0. The molecule has 3 nitrogen and oxygen atoms in total. The number of nitrogens with two attached hydrogens (primary N) is 1. The van der Waals surface area contributed by atoms with E-state index in [1.807, 2.05) is 11.8 Å². The summed E-state index contributed by atoms with van der Waals surface area (Å²) in [6, 6.07) is 5.14. The Bertz CT molecular complexity index is 473. The molecule has 1 amide bonds. The number of amides is 1. The SMILES string of the molecule is CSC1(CNC(=O)c2cccc(N)c2Cl)CCCC1. The van der Waals surface area contributed by atoms with Gasteiger partial charge in [-0.05, 0) is 31.2 Å². The van der Waals surface area contributed by atoms with Crippen LogP contribution in [-0.2, 0) is 0 Å². The summed E-state index contributed by atoms with van der Waals surface area (Å²) < 4.78 is 0.197. The van der Waals surface area contributed by atoms with Gasteiger partial charge in [-0.3, -0.25) is 4.79 Å². The van der Waals surface area contributed by atoms with Gasteiger partial charge in [0.2, 0.25) is 0 Å². The number of thioether (sulfide) groups is 1. The molecule has 0 atom stereocenters. The maximum atomic E-state index is 12.2. The maximum absolute atomic E-state index is 12.2. The van der Waals surface area contributed by atoms with Gasteiger partial charge in [-0.15, -0.1) is 0 Å². The molecule has 1 fully saturated rings. The topological polar surface area (TPSA) is 55.1 Å². The fraction of sp³-hybridized carbons (Fsp3) is 0.500. The molecule has 0 spiro atoms. The Morgan fingerprint density at radius 1 is 1.47 bits per heavy atom. The molecule has 3 N–H and O–H groups in total. The number of halogens is 1. The monoisotopic (exact) mass is 298 g/mol. The number of rotatable bonds is 4. The summed E-state index contributed by atoms with van der Waals surface area (Å²) in [6.07, 6.45) is 6.94. The van der Waals surface area contributed by atoms with Gasteiger partial charge in [-0.1, -0.05) is 30.5 Å². The van der Waals surface area contributed by atoms with Crippen molar-refractivity contribution in [2.45, 2.75) is 30.4 Å². The van der Waals surface area contributed by atoms with E-state index in [4.69, 9.17) is 17.3 Å². The Balaban J connectivity index is 2.03. The van der Waals surface area contributed by atoms with Crippen LogP contribution in [0.15, 0.2) is 18.2 Å². The highest BCUT2D eigenvalue weighted by molar-refractivity contribution is 8.00.